The van der Waals surface area contributed by atoms with Crippen molar-refractivity contribution < 1.29 is 13.7 Å². The van der Waals surface area contributed by atoms with E-state index in [-0.39, 0.29) is 11.6 Å². The Balaban J connectivity index is 1.54. The molecule has 6 nitrogen and oxygen atoms in total. The molecule has 0 saturated heterocycles. The molecule has 4 rings (SSSR count). The number of aryl methyl sites for hydroxylation is 2. The van der Waals surface area contributed by atoms with Gasteiger partial charge in [-0.2, -0.15) is 0 Å². The Morgan fingerprint density at radius 2 is 2.00 bits per heavy atom. The van der Waals surface area contributed by atoms with Gasteiger partial charge in [-0.15, -0.1) is 0 Å². The molecule has 1 aromatic heterocycles. The molecule has 1 aromatic carbocycles. The fraction of sp³-hybridized carbons (Fsp3) is 0.381. The van der Waals surface area contributed by atoms with Crippen LogP contribution in [0.25, 0.3) is 0 Å². The predicted molar refractivity (Wildman–Crippen MR) is 105 cm³/mol. The molecule has 0 aliphatic heterocycles. The van der Waals surface area contributed by atoms with Crippen LogP contribution in [0.3, 0.4) is 0 Å². The number of amides is 1. The third kappa shape index (κ3) is 3.98. The second kappa shape index (κ2) is 7.22. The van der Waals surface area contributed by atoms with Gasteiger partial charge in [0.2, 0.25) is 0 Å². The standard InChI is InChI=1S/C21H23FN4O2/c1-11-20(12(2)28-26-11)21(27)24-15-7-8-18(16(22)9-15)25-19(14-5-6-14)10-17(23)13-3-4-13/h7-10,13-14H,3-6,23H2,1-2H3,(H,24,27). The van der Waals surface area contributed by atoms with Gasteiger partial charge in [-0.05, 0) is 69.7 Å². The van der Waals surface area contributed by atoms with Crippen molar-refractivity contribution in [3.8, 4) is 0 Å². The molecule has 1 amide bonds. The number of carbonyl (C=O) groups excluding carboxylic acids is 1. The van der Waals surface area contributed by atoms with Crippen molar-refractivity contribution in [1.82, 2.24) is 5.16 Å². The predicted octanol–water partition coefficient (Wildman–Crippen LogP) is 4.42. The van der Waals surface area contributed by atoms with E-state index in [1.165, 1.54) is 6.07 Å². The summed E-state index contributed by atoms with van der Waals surface area (Å²) >= 11 is 0. The molecule has 0 bridgehead atoms. The maximum absolute atomic E-state index is 14.6. The molecule has 0 atom stereocenters. The number of nitrogens with one attached hydrogen (secondary N) is 1. The second-order valence-corrected chi connectivity index (χ2v) is 7.55. The van der Waals surface area contributed by atoms with Gasteiger partial charge in [0.15, 0.2) is 5.82 Å². The smallest absolute Gasteiger partial charge is 0.261 e. The zero-order valence-corrected chi connectivity index (χ0v) is 16.0. The summed E-state index contributed by atoms with van der Waals surface area (Å²) in [5.74, 6) is 0.357. The first-order chi connectivity index (χ1) is 13.4. The van der Waals surface area contributed by atoms with Crippen LogP contribution in [0.2, 0.25) is 0 Å². The van der Waals surface area contributed by atoms with Crippen LogP contribution in [-0.2, 0) is 0 Å². The highest BCUT2D eigenvalue weighted by Gasteiger charge is 2.29. The SMILES string of the molecule is Cc1noc(C)c1C(=O)Nc1ccc(N=C(C=C(N)C2CC2)C2CC2)c(F)c1. The molecule has 0 unspecified atom stereocenters. The molecule has 146 valence electrons. The van der Waals surface area contributed by atoms with Crippen LogP contribution in [0.1, 0.15) is 47.5 Å². The van der Waals surface area contributed by atoms with Crippen LogP contribution < -0.4 is 11.1 Å². The van der Waals surface area contributed by atoms with Crippen molar-refractivity contribution in [3.63, 3.8) is 0 Å². The van der Waals surface area contributed by atoms with Crippen LogP contribution in [0.5, 0.6) is 0 Å². The van der Waals surface area contributed by atoms with Crippen LogP contribution in [-0.4, -0.2) is 16.8 Å². The van der Waals surface area contributed by atoms with Gasteiger partial charge < -0.3 is 15.6 Å². The van der Waals surface area contributed by atoms with Crippen LogP contribution in [0.15, 0.2) is 39.5 Å². The first-order valence-corrected chi connectivity index (χ1v) is 9.52. The Morgan fingerprint density at radius 1 is 1.29 bits per heavy atom. The number of hydrogen-bond acceptors (Lipinski definition) is 5. The zero-order chi connectivity index (χ0) is 19.8. The Bertz CT molecular complexity index is 965. The Hall–Kier alpha value is -2.96. The Morgan fingerprint density at radius 3 is 2.57 bits per heavy atom. The lowest BCUT2D eigenvalue weighted by atomic mass is 10.1. The summed E-state index contributed by atoms with van der Waals surface area (Å²) < 4.78 is 19.6. The number of carbonyl (C=O) groups is 1. The minimum absolute atomic E-state index is 0.247. The van der Waals surface area contributed by atoms with Gasteiger partial charge in [-0.1, -0.05) is 5.16 Å². The summed E-state index contributed by atoms with van der Waals surface area (Å²) in [6, 6.07) is 4.48. The lowest BCUT2D eigenvalue weighted by molar-refractivity contribution is 0.102. The van der Waals surface area contributed by atoms with E-state index in [9.17, 15) is 9.18 Å². The molecule has 7 heteroatoms. The summed E-state index contributed by atoms with van der Waals surface area (Å²) in [6.07, 6.45) is 6.27. The molecule has 2 aliphatic carbocycles. The van der Waals surface area contributed by atoms with Crippen LogP contribution in [0, 0.1) is 31.5 Å². The molecule has 2 fully saturated rings. The largest absolute Gasteiger partial charge is 0.402 e. The van der Waals surface area contributed by atoms with Crippen molar-refractivity contribution in [2.24, 2.45) is 22.6 Å². The highest BCUT2D eigenvalue weighted by molar-refractivity contribution is 6.05. The molecule has 2 aromatic rings. The monoisotopic (exact) mass is 382 g/mol. The van der Waals surface area contributed by atoms with E-state index in [1.807, 2.05) is 6.08 Å². The maximum atomic E-state index is 14.6. The van der Waals surface area contributed by atoms with Crippen molar-refractivity contribution >= 4 is 23.0 Å². The van der Waals surface area contributed by atoms with Crippen LogP contribution >= 0.6 is 0 Å². The lowest BCUT2D eigenvalue weighted by Crippen LogP contribution is -2.13. The van der Waals surface area contributed by atoms with Gasteiger partial charge in [0, 0.05) is 23.0 Å². The minimum Gasteiger partial charge on any atom is -0.402 e. The topological polar surface area (TPSA) is 93.5 Å². The van der Waals surface area contributed by atoms with E-state index in [4.69, 9.17) is 10.3 Å². The number of aromatic nitrogens is 1. The number of anilines is 1. The number of nitrogens with zero attached hydrogens (tertiary/aromatic N) is 2. The number of rotatable bonds is 6. The molecule has 28 heavy (non-hydrogen) atoms. The summed E-state index contributed by atoms with van der Waals surface area (Å²) in [5, 5.41) is 6.44. The summed E-state index contributed by atoms with van der Waals surface area (Å²) in [5.41, 5.74) is 9.25. The van der Waals surface area contributed by atoms with Crippen molar-refractivity contribution in [3.05, 3.63) is 52.8 Å². The molecule has 2 saturated carbocycles. The Labute approximate surface area is 162 Å². The molecule has 1 heterocycles. The van der Waals surface area contributed by atoms with Crippen molar-refractivity contribution in [1.29, 1.82) is 0 Å². The Kier molecular flexibility index (Phi) is 4.75. The van der Waals surface area contributed by atoms with E-state index < -0.39 is 5.82 Å². The number of halogens is 1. The van der Waals surface area contributed by atoms with Crippen molar-refractivity contribution in [2.45, 2.75) is 39.5 Å². The molecular weight excluding hydrogens is 359 g/mol. The summed E-state index contributed by atoms with van der Waals surface area (Å²) in [6.45, 7) is 3.34. The fourth-order valence-electron chi connectivity index (χ4n) is 3.14. The fourth-order valence-corrected chi connectivity index (χ4v) is 3.14. The number of benzene rings is 1. The first kappa shape index (κ1) is 18.4. The van der Waals surface area contributed by atoms with Gasteiger partial charge in [0.05, 0.1) is 11.4 Å². The van der Waals surface area contributed by atoms with Crippen molar-refractivity contribution in [2.75, 3.05) is 5.32 Å². The van der Waals surface area contributed by atoms with Gasteiger partial charge in [0.1, 0.15) is 11.3 Å². The van der Waals surface area contributed by atoms with E-state index >= 15 is 0 Å². The summed E-state index contributed by atoms with van der Waals surface area (Å²) in [4.78, 5) is 16.9. The maximum Gasteiger partial charge on any atom is 0.261 e. The third-order valence-electron chi connectivity index (χ3n) is 5.07. The second-order valence-electron chi connectivity index (χ2n) is 7.55. The normalized spacial score (nSPS) is 17.7. The number of allylic oxidation sites excluding steroid dienone is 2. The minimum atomic E-state index is -0.492. The van der Waals surface area contributed by atoms with Crippen LogP contribution in [0.4, 0.5) is 15.8 Å². The van der Waals surface area contributed by atoms with E-state index in [2.05, 4.69) is 15.5 Å². The van der Waals surface area contributed by atoms with Gasteiger partial charge >= 0.3 is 0 Å². The average molecular weight is 382 g/mol. The number of hydrogen-bond donors (Lipinski definition) is 2. The highest BCUT2D eigenvalue weighted by atomic mass is 19.1. The van der Waals surface area contributed by atoms with E-state index in [0.29, 0.717) is 34.5 Å². The average Bonchev–Trinajstić information content (AvgIpc) is 3.54. The van der Waals surface area contributed by atoms with Gasteiger partial charge in [-0.25, -0.2) is 4.39 Å². The van der Waals surface area contributed by atoms with E-state index in [0.717, 1.165) is 37.1 Å². The molecule has 0 spiro atoms. The van der Waals surface area contributed by atoms with Gasteiger partial charge in [0.25, 0.3) is 5.91 Å². The van der Waals surface area contributed by atoms with Gasteiger partial charge in [-0.3, -0.25) is 9.79 Å². The lowest BCUT2D eigenvalue weighted by Gasteiger charge is -2.07. The highest BCUT2D eigenvalue weighted by Crippen LogP contribution is 2.37. The molecule has 0 radical (unpaired) electrons. The molecule has 3 N–H and O–H groups in total. The first-order valence-electron chi connectivity index (χ1n) is 9.52. The molecule has 2 aliphatic rings. The van der Waals surface area contributed by atoms with E-state index in [1.54, 1.807) is 26.0 Å². The third-order valence-corrected chi connectivity index (χ3v) is 5.07. The number of nitrogens with two attached hydrogens (primary N) is 1. The quantitative estimate of drug-likeness (QED) is 0.723. The zero-order valence-electron chi connectivity index (χ0n) is 16.0. The summed E-state index contributed by atoms with van der Waals surface area (Å²) in [7, 11) is 0. The number of aliphatic imine (C=N–C) groups is 1. The molecular formula is C21H23FN4O2.